The van der Waals surface area contributed by atoms with E-state index in [0.29, 0.717) is 33.9 Å². The molecule has 324 valence electrons. The summed E-state index contributed by atoms with van der Waals surface area (Å²) in [5.74, 6) is -0.615. The van der Waals surface area contributed by atoms with Crippen molar-refractivity contribution in [1.82, 2.24) is 9.97 Å². The summed E-state index contributed by atoms with van der Waals surface area (Å²) in [4.78, 5) is 57.6. The van der Waals surface area contributed by atoms with Crippen molar-refractivity contribution in [2.75, 3.05) is 21.3 Å². The molecular weight excluding hydrogens is 811 g/mol. The van der Waals surface area contributed by atoms with E-state index in [9.17, 15) is 19.2 Å². The second-order valence-corrected chi connectivity index (χ2v) is 17.6. The molecule has 0 bridgehead atoms. The number of hydrogen-bond acceptors (Lipinski definition) is 10. The molecule has 1 aliphatic rings. The highest BCUT2D eigenvalue weighted by molar-refractivity contribution is 6.62. The molecule has 0 spiro atoms. The number of carbonyl (C=O) groups is 4. The first-order valence-corrected chi connectivity index (χ1v) is 20.2. The summed E-state index contributed by atoms with van der Waals surface area (Å²) < 4.78 is 22.7. The SMILES string of the molecule is CC(C)(C)OC(=O)Nc1ccccc1NC(=O)c1ccc(-c2cnc(Cl)nc2)cc1.CC(C)(C)OC(=O)Nc1ccccc1NC(=O)c1ccc(B2OC(C)(C)C(C)(C)O2)cc1. The summed E-state index contributed by atoms with van der Waals surface area (Å²) in [6.07, 6.45) is 2.04. The highest BCUT2D eigenvalue weighted by Gasteiger charge is 2.51. The maximum Gasteiger partial charge on any atom is 0.494 e. The van der Waals surface area contributed by atoms with Gasteiger partial charge in [0.1, 0.15) is 11.2 Å². The van der Waals surface area contributed by atoms with Gasteiger partial charge >= 0.3 is 19.3 Å². The van der Waals surface area contributed by atoms with Gasteiger partial charge in [0.05, 0.1) is 34.0 Å². The van der Waals surface area contributed by atoms with Gasteiger partial charge in [0.15, 0.2) is 0 Å². The Morgan fingerprint density at radius 2 is 0.903 bits per heavy atom. The fraction of sp³-hybridized carbons (Fsp3) is 0.304. The van der Waals surface area contributed by atoms with Gasteiger partial charge in [-0.3, -0.25) is 20.2 Å². The summed E-state index contributed by atoms with van der Waals surface area (Å²) in [5.41, 5.74) is 3.12. The van der Waals surface area contributed by atoms with Crippen molar-refractivity contribution in [3.8, 4) is 11.1 Å². The molecular formula is C46H52BClN6O8. The van der Waals surface area contributed by atoms with Crippen molar-refractivity contribution < 1.29 is 38.0 Å². The minimum Gasteiger partial charge on any atom is -0.444 e. The van der Waals surface area contributed by atoms with E-state index in [2.05, 4.69) is 31.2 Å². The van der Waals surface area contributed by atoms with Gasteiger partial charge in [0.25, 0.3) is 11.8 Å². The number of aromatic nitrogens is 2. The number of halogens is 1. The van der Waals surface area contributed by atoms with E-state index in [-0.39, 0.29) is 17.1 Å². The quantitative estimate of drug-likeness (QED) is 0.0867. The molecule has 14 nitrogen and oxygen atoms in total. The lowest BCUT2D eigenvalue weighted by atomic mass is 9.79. The second-order valence-electron chi connectivity index (χ2n) is 17.3. The number of hydrogen-bond donors (Lipinski definition) is 4. The van der Waals surface area contributed by atoms with Crippen LogP contribution in [0.5, 0.6) is 0 Å². The van der Waals surface area contributed by atoms with E-state index in [1.165, 1.54) is 0 Å². The summed E-state index contributed by atoms with van der Waals surface area (Å²) in [6.45, 7) is 18.7. The highest BCUT2D eigenvalue weighted by Crippen LogP contribution is 2.36. The number of anilines is 4. The van der Waals surface area contributed by atoms with E-state index >= 15 is 0 Å². The van der Waals surface area contributed by atoms with Crippen LogP contribution in [0.3, 0.4) is 0 Å². The summed E-state index contributed by atoms with van der Waals surface area (Å²) >= 11 is 5.71. The fourth-order valence-corrected chi connectivity index (χ4v) is 5.76. The zero-order valence-corrected chi connectivity index (χ0v) is 37.3. The third-order valence-corrected chi connectivity index (χ3v) is 9.62. The topological polar surface area (TPSA) is 179 Å². The Balaban J connectivity index is 0.000000235. The first kappa shape index (κ1) is 46.8. The van der Waals surface area contributed by atoms with Gasteiger partial charge in [0, 0.05) is 29.1 Å². The molecule has 1 aromatic heterocycles. The Bertz CT molecular complexity index is 2360. The average molecular weight is 863 g/mol. The van der Waals surface area contributed by atoms with E-state index in [0.717, 1.165) is 16.6 Å². The summed E-state index contributed by atoms with van der Waals surface area (Å²) in [7, 11) is -0.490. The van der Waals surface area contributed by atoms with Crippen molar-refractivity contribution in [3.63, 3.8) is 0 Å². The number of nitrogens with zero attached hydrogens (tertiary/aromatic N) is 2. The molecule has 1 saturated heterocycles. The molecule has 4 amide bonds. The van der Waals surface area contributed by atoms with E-state index in [1.807, 2.05) is 39.8 Å². The number of para-hydroxylation sites is 4. The molecule has 0 saturated carbocycles. The molecule has 0 unspecified atom stereocenters. The second kappa shape index (κ2) is 19.2. The molecule has 4 aromatic carbocycles. The lowest BCUT2D eigenvalue weighted by Gasteiger charge is -2.32. The number of ether oxygens (including phenoxy) is 2. The van der Waals surface area contributed by atoms with Gasteiger partial charge in [0.2, 0.25) is 5.28 Å². The first-order chi connectivity index (χ1) is 29.0. The lowest BCUT2D eigenvalue weighted by molar-refractivity contribution is 0.00578. The van der Waals surface area contributed by atoms with Crippen LogP contribution in [0.1, 0.15) is 90.0 Å². The normalized spacial score (nSPS) is 14.1. The van der Waals surface area contributed by atoms with Gasteiger partial charge in [-0.15, -0.1) is 0 Å². The Hall–Kier alpha value is -6.29. The predicted molar refractivity (Wildman–Crippen MR) is 243 cm³/mol. The van der Waals surface area contributed by atoms with E-state index < -0.39 is 41.7 Å². The molecule has 1 aliphatic heterocycles. The maximum absolute atomic E-state index is 12.8. The van der Waals surface area contributed by atoms with E-state index in [4.69, 9.17) is 30.4 Å². The van der Waals surface area contributed by atoms with Crippen LogP contribution in [0.25, 0.3) is 11.1 Å². The van der Waals surface area contributed by atoms with Gasteiger partial charge in [-0.1, -0.05) is 48.5 Å². The number of benzene rings is 4. The maximum atomic E-state index is 12.8. The standard InChI is InChI=1S/C24H31BN2O5.C22H21ClN4O3/c1-22(2,3)30-21(29)27-19-11-9-8-10-18(19)26-20(28)16-12-14-17(15-13-16)25-31-23(4,5)24(6,7)32-25;1-22(2,3)30-21(29)27-18-7-5-4-6-17(18)26-19(28)15-10-8-14(9-11-15)16-12-24-20(23)25-13-16/h8-15H,1-7H3,(H,26,28)(H,27,29);4-13H,1-3H3,(H,26,28)(H,27,29). The summed E-state index contributed by atoms with van der Waals surface area (Å²) in [5, 5.41) is 11.2. The zero-order chi connectivity index (χ0) is 45.5. The number of carbonyl (C=O) groups excluding carboxylic acids is 4. The van der Waals surface area contributed by atoms with Crippen LogP contribution < -0.4 is 26.7 Å². The third kappa shape index (κ3) is 13.1. The number of rotatable bonds is 8. The van der Waals surface area contributed by atoms with Crippen LogP contribution in [-0.4, -0.2) is 63.5 Å². The van der Waals surface area contributed by atoms with Crippen LogP contribution >= 0.6 is 11.6 Å². The molecule has 1 fully saturated rings. The van der Waals surface area contributed by atoms with E-state index in [1.54, 1.807) is 139 Å². The predicted octanol–water partition coefficient (Wildman–Crippen LogP) is 9.98. The van der Waals surface area contributed by atoms with Crippen LogP contribution in [0.15, 0.2) is 109 Å². The molecule has 4 N–H and O–H groups in total. The van der Waals surface area contributed by atoms with Crippen molar-refractivity contribution in [2.24, 2.45) is 0 Å². The monoisotopic (exact) mass is 862 g/mol. The molecule has 16 heteroatoms. The molecule has 6 rings (SSSR count). The Kier molecular flexibility index (Phi) is 14.5. The van der Waals surface area contributed by atoms with Crippen LogP contribution in [0.2, 0.25) is 5.28 Å². The van der Waals surface area contributed by atoms with Crippen LogP contribution in [-0.2, 0) is 18.8 Å². The fourth-order valence-electron chi connectivity index (χ4n) is 5.66. The minimum absolute atomic E-state index is 0.174. The Morgan fingerprint density at radius 3 is 1.27 bits per heavy atom. The minimum atomic E-state index is -0.626. The molecule has 2 heterocycles. The summed E-state index contributed by atoms with van der Waals surface area (Å²) in [6, 6.07) is 27.9. The third-order valence-electron chi connectivity index (χ3n) is 9.42. The smallest absolute Gasteiger partial charge is 0.444 e. The van der Waals surface area contributed by atoms with Crippen molar-refractivity contribution in [1.29, 1.82) is 0 Å². The lowest BCUT2D eigenvalue weighted by Crippen LogP contribution is -2.41. The number of amides is 4. The highest BCUT2D eigenvalue weighted by atomic mass is 35.5. The molecule has 0 atom stereocenters. The first-order valence-electron chi connectivity index (χ1n) is 19.8. The van der Waals surface area contributed by atoms with Crippen molar-refractivity contribution >= 4 is 70.9 Å². The van der Waals surface area contributed by atoms with Crippen LogP contribution in [0.4, 0.5) is 32.3 Å². The largest absolute Gasteiger partial charge is 0.494 e. The Morgan fingerprint density at radius 1 is 0.548 bits per heavy atom. The van der Waals surface area contributed by atoms with Crippen molar-refractivity contribution in [3.05, 3.63) is 126 Å². The van der Waals surface area contributed by atoms with Gasteiger partial charge < -0.3 is 29.4 Å². The molecule has 0 aliphatic carbocycles. The average Bonchev–Trinajstić information content (AvgIpc) is 3.41. The molecule has 5 aromatic rings. The van der Waals surface area contributed by atoms with Crippen molar-refractivity contribution in [2.45, 2.75) is 91.6 Å². The number of nitrogens with one attached hydrogen (secondary N) is 4. The molecule has 62 heavy (non-hydrogen) atoms. The van der Waals surface area contributed by atoms with Gasteiger partial charge in [-0.25, -0.2) is 19.6 Å². The van der Waals surface area contributed by atoms with Crippen LogP contribution in [0, 0.1) is 0 Å². The van der Waals surface area contributed by atoms with Gasteiger partial charge in [-0.05, 0) is 140 Å². The van der Waals surface area contributed by atoms with Gasteiger partial charge in [-0.2, -0.15) is 0 Å². The molecule has 0 radical (unpaired) electrons. The zero-order valence-electron chi connectivity index (χ0n) is 36.5. The Labute approximate surface area is 367 Å².